The second kappa shape index (κ2) is 7.93. The van der Waals surface area contributed by atoms with Gasteiger partial charge in [-0.25, -0.2) is 9.97 Å². The number of pyridine rings is 2. The smallest absolute Gasteiger partial charge is 0.137 e. The summed E-state index contributed by atoms with van der Waals surface area (Å²) in [7, 11) is 0. The lowest BCUT2D eigenvalue weighted by Crippen LogP contribution is -2.36. The Morgan fingerprint density at radius 1 is 1.03 bits per heavy atom. The van der Waals surface area contributed by atoms with Gasteiger partial charge in [-0.3, -0.25) is 0 Å². The summed E-state index contributed by atoms with van der Waals surface area (Å²) in [5, 5.41) is 4.58. The molecule has 1 aromatic carbocycles. The van der Waals surface area contributed by atoms with Gasteiger partial charge in [0.1, 0.15) is 11.5 Å². The van der Waals surface area contributed by atoms with E-state index < -0.39 is 0 Å². The lowest BCUT2D eigenvalue weighted by atomic mass is 10.1. The molecule has 1 aliphatic heterocycles. The van der Waals surface area contributed by atoms with Crippen LogP contribution in [-0.4, -0.2) is 41.3 Å². The van der Waals surface area contributed by atoms with Crippen molar-refractivity contribution in [2.45, 2.75) is 6.42 Å². The first-order chi connectivity index (χ1) is 14.3. The number of benzene rings is 1. The first kappa shape index (κ1) is 17.7. The highest BCUT2D eigenvalue weighted by molar-refractivity contribution is 5.79. The highest BCUT2D eigenvalue weighted by Crippen LogP contribution is 2.24. The Bertz CT molecular complexity index is 1100. The lowest BCUT2D eigenvalue weighted by molar-refractivity contribution is 0.122. The molecule has 5 rings (SSSR count). The number of ether oxygens (including phenoxy) is 1. The molecule has 146 valence electrons. The van der Waals surface area contributed by atoms with Crippen molar-refractivity contribution in [1.82, 2.24) is 15.0 Å². The van der Waals surface area contributed by atoms with Crippen LogP contribution >= 0.6 is 0 Å². The van der Waals surface area contributed by atoms with Gasteiger partial charge in [-0.05, 0) is 47.5 Å². The largest absolute Gasteiger partial charge is 0.378 e. The zero-order valence-corrected chi connectivity index (χ0v) is 16.1. The van der Waals surface area contributed by atoms with E-state index in [1.807, 2.05) is 24.5 Å². The van der Waals surface area contributed by atoms with Crippen LogP contribution in [0.1, 0.15) is 11.1 Å². The second-order valence-electron chi connectivity index (χ2n) is 7.22. The SMILES string of the molecule is c1cc(Nc2ccc(Cc3c[nH]c4ncccc34)cn2)cc(N2CCOCC2)c1. The van der Waals surface area contributed by atoms with E-state index in [-0.39, 0.29) is 0 Å². The Morgan fingerprint density at radius 3 is 2.83 bits per heavy atom. The highest BCUT2D eigenvalue weighted by atomic mass is 16.5. The lowest BCUT2D eigenvalue weighted by Gasteiger charge is -2.29. The monoisotopic (exact) mass is 385 g/mol. The van der Waals surface area contributed by atoms with E-state index in [2.05, 4.69) is 61.6 Å². The molecule has 0 bridgehead atoms. The third-order valence-electron chi connectivity index (χ3n) is 5.25. The third-order valence-corrected chi connectivity index (χ3v) is 5.25. The fraction of sp³-hybridized carbons (Fsp3) is 0.217. The van der Waals surface area contributed by atoms with E-state index in [0.717, 1.165) is 55.3 Å². The van der Waals surface area contributed by atoms with Gasteiger partial charge in [0.15, 0.2) is 0 Å². The van der Waals surface area contributed by atoms with Gasteiger partial charge in [0, 0.05) is 54.9 Å². The number of morpholine rings is 1. The molecule has 1 saturated heterocycles. The molecule has 0 amide bonds. The predicted octanol–water partition coefficient (Wildman–Crippen LogP) is 4.13. The number of fused-ring (bicyclic) bond motifs is 1. The summed E-state index contributed by atoms with van der Waals surface area (Å²) in [6.07, 6.45) is 6.59. The highest BCUT2D eigenvalue weighted by Gasteiger charge is 2.11. The first-order valence-corrected chi connectivity index (χ1v) is 9.91. The number of rotatable bonds is 5. The van der Waals surface area contributed by atoms with E-state index >= 15 is 0 Å². The van der Waals surface area contributed by atoms with Crippen LogP contribution in [0.3, 0.4) is 0 Å². The molecule has 2 N–H and O–H groups in total. The Hall–Kier alpha value is -3.38. The molecule has 6 nitrogen and oxygen atoms in total. The fourth-order valence-corrected chi connectivity index (χ4v) is 3.73. The summed E-state index contributed by atoms with van der Waals surface area (Å²) in [4.78, 5) is 14.5. The van der Waals surface area contributed by atoms with E-state index in [1.54, 1.807) is 6.20 Å². The average molecular weight is 385 g/mol. The van der Waals surface area contributed by atoms with Gasteiger partial charge in [-0.1, -0.05) is 12.1 Å². The Labute approximate surface area is 169 Å². The van der Waals surface area contributed by atoms with Gasteiger partial charge in [0.2, 0.25) is 0 Å². The maximum atomic E-state index is 5.45. The summed E-state index contributed by atoms with van der Waals surface area (Å²) in [5.41, 5.74) is 5.57. The minimum Gasteiger partial charge on any atom is -0.378 e. The van der Waals surface area contributed by atoms with E-state index in [1.165, 1.54) is 16.8 Å². The number of H-pyrrole nitrogens is 1. The van der Waals surface area contributed by atoms with Crippen molar-refractivity contribution in [3.8, 4) is 0 Å². The van der Waals surface area contributed by atoms with Crippen molar-refractivity contribution in [2.24, 2.45) is 0 Å². The van der Waals surface area contributed by atoms with Gasteiger partial charge in [0.05, 0.1) is 13.2 Å². The summed E-state index contributed by atoms with van der Waals surface area (Å²) in [6.45, 7) is 3.43. The number of hydrogen-bond donors (Lipinski definition) is 2. The van der Waals surface area contributed by atoms with Gasteiger partial charge in [-0.15, -0.1) is 0 Å². The second-order valence-corrected chi connectivity index (χ2v) is 7.22. The normalized spacial score (nSPS) is 14.3. The maximum Gasteiger partial charge on any atom is 0.137 e. The van der Waals surface area contributed by atoms with Crippen LogP contribution < -0.4 is 10.2 Å². The topological polar surface area (TPSA) is 66.1 Å². The van der Waals surface area contributed by atoms with Crippen LogP contribution in [0.5, 0.6) is 0 Å². The number of nitrogens with one attached hydrogen (secondary N) is 2. The average Bonchev–Trinajstić information content (AvgIpc) is 3.19. The van der Waals surface area contributed by atoms with Crippen molar-refractivity contribution in [1.29, 1.82) is 0 Å². The molecule has 3 aromatic heterocycles. The maximum absolute atomic E-state index is 5.45. The molecule has 0 aliphatic carbocycles. The molecule has 1 aliphatic rings. The molecule has 0 spiro atoms. The molecule has 0 saturated carbocycles. The molecule has 0 radical (unpaired) electrons. The van der Waals surface area contributed by atoms with E-state index in [4.69, 9.17) is 4.74 Å². The Kier molecular flexibility index (Phi) is 4.84. The van der Waals surface area contributed by atoms with Crippen LogP contribution in [0, 0.1) is 0 Å². The zero-order chi connectivity index (χ0) is 19.5. The Balaban J connectivity index is 1.28. The molecule has 6 heteroatoms. The number of hydrogen-bond acceptors (Lipinski definition) is 5. The van der Waals surface area contributed by atoms with E-state index in [0.29, 0.717) is 0 Å². The molecule has 4 aromatic rings. The predicted molar refractivity (Wildman–Crippen MR) is 116 cm³/mol. The van der Waals surface area contributed by atoms with Crippen molar-refractivity contribution >= 4 is 28.2 Å². The molecule has 29 heavy (non-hydrogen) atoms. The molecular weight excluding hydrogens is 362 g/mol. The minimum absolute atomic E-state index is 0.785. The Morgan fingerprint density at radius 2 is 1.97 bits per heavy atom. The van der Waals surface area contributed by atoms with Crippen molar-refractivity contribution in [2.75, 3.05) is 36.5 Å². The molecule has 4 heterocycles. The molecule has 0 atom stereocenters. The summed E-state index contributed by atoms with van der Waals surface area (Å²) < 4.78 is 5.45. The first-order valence-electron chi connectivity index (χ1n) is 9.91. The van der Waals surface area contributed by atoms with Gasteiger partial charge < -0.3 is 19.9 Å². The molecular formula is C23H23N5O. The quantitative estimate of drug-likeness (QED) is 0.541. The summed E-state index contributed by atoms with van der Waals surface area (Å²) in [5.74, 6) is 0.841. The number of aromatic amines is 1. The van der Waals surface area contributed by atoms with Gasteiger partial charge in [-0.2, -0.15) is 0 Å². The van der Waals surface area contributed by atoms with Crippen LogP contribution in [-0.2, 0) is 11.2 Å². The van der Waals surface area contributed by atoms with Crippen LogP contribution in [0.15, 0.2) is 67.1 Å². The summed E-state index contributed by atoms with van der Waals surface area (Å²) >= 11 is 0. The number of nitrogens with zero attached hydrogens (tertiary/aromatic N) is 3. The van der Waals surface area contributed by atoms with Gasteiger partial charge in [0.25, 0.3) is 0 Å². The molecule has 1 fully saturated rings. The summed E-state index contributed by atoms with van der Waals surface area (Å²) in [6, 6.07) is 16.7. The standard InChI is InChI=1S/C23H23N5O/c1-3-19(14-20(4-1)28-9-11-29-12-10-28)27-22-7-6-17(15-25-22)13-18-16-26-23-21(18)5-2-8-24-23/h1-8,14-16H,9-13H2,(H,24,26)(H,25,27). The van der Waals surface area contributed by atoms with Crippen LogP contribution in [0.2, 0.25) is 0 Å². The fourth-order valence-electron chi connectivity index (χ4n) is 3.73. The number of aromatic nitrogens is 3. The van der Waals surface area contributed by atoms with Crippen molar-refractivity contribution in [3.63, 3.8) is 0 Å². The van der Waals surface area contributed by atoms with Crippen LogP contribution in [0.4, 0.5) is 17.2 Å². The van der Waals surface area contributed by atoms with Crippen LogP contribution in [0.25, 0.3) is 11.0 Å². The van der Waals surface area contributed by atoms with Gasteiger partial charge >= 0.3 is 0 Å². The number of anilines is 3. The van der Waals surface area contributed by atoms with E-state index in [9.17, 15) is 0 Å². The van der Waals surface area contributed by atoms with Crippen molar-refractivity contribution < 1.29 is 4.74 Å². The minimum atomic E-state index is 0.785. The van der Waals surface area contributed by atoms with Crippen molar-refractivity contribution in [3.05, 3.63) is 78.2 Å². The third kappa shape index (κ3) is 3.93. The molecule has 0 unspecified atom stereocenters. The zero-order valence-electron chi connectivity index (χ0n) is 16.1.